The molecule has 2 N–H and O–H groups in total. The maximum atomic E-state index is 11.8. The Bertz CT molecular complexity index is 741. The molecular formula is C28H51NO7P+. The number of carbonyl (C=O) groups is 1. The van der Waals surface area contributed by atoms with Crippen molar-refractivity contribution in [1.29, 1.82) is 0 Å². The summed E-state index contributed by atoms with van der Waals surface area (Å²) in [6.45, 7) is 1.97. The lowest BCUT2D eigenvalue weighted by Crippen LogP contribution is -2.37. The number of ether oxygens (including phenoxy) is 1. The Kier molecular flexibility index (Phi) is 21.5. The highest BCUT2D eigenvalue weighted by atomic mass is 31.2. The monoisotopic (exact) mass is 544 g/mol. The zero-order chi connectivity index (χ0) is 27.8. The van der Waals surface area contributed by atoms with E-state index in [-0.39, 0.29) is 19.6 Å². The van der Waals surface area contributed by atoms with Crippen molar-refractivity contribution in [3.63, 3.8) is 0 Å². The molecule has 0 aliphatic heterocycles. The van der Waals surface area contributed by atoms with Crippen molar-refractivity contribution in [3.05, 3.63) is 48.6 Å². The van der Waals surface area contributed by atoms with Gasteiger partial charge < -0.3 is 19.2 Å². The summed E-state index contributed by atoms with van der Waals surface area (Å²) in [5, 5.41) is 9.83. The number of hydrogen-bond donors (Lipinski definition) is 2. The summed E-state index contributed by atoms with van der Waals surface area (Å²) >= 11 is 0. The van der Waals surface area contributed by atoms with Crippen molar-refractivity contribution in [2.24, 2.45) is 0 Å². The first kappa shape index (κ1) is 35.5. The van der Waals surface area contributed by atoms with E-state index in [0.29, 0.717) is 11.0 Å². The third-order valence-corrected chi connectivity index (χ3v) is 6.09. The van der Waals surface area contributed by atoms with Gasteiger partial charge in [0.2, 0.25) is 0 Å². The van der Waals surface area contributed by atoms with Crippen LogP contribution in [0.3, 0.4) is 0 Å². The molecule has 0 saturated heterocycles. The van der Waals surface area contributed by atoms with Crippen LogP contribution in [0.25, 0.3) is 0 Å². The van der Waals surface area contributed by atoms with Gasteiger partial charge in [-0.05, 0) is 44.9 Å². The van der Waals surface area contributed by atoms with Crippen molar-refractivity contribution in [2.45, 2.75) is 77.2 Å². The fourth-order valence-corrected chi connectivity index (χ4v) is 3.69. The molecule has 0 aliphatic carbocycles. The highest BCUT2D eigenvalue weighted by Gasteiger charge is 2.24. The molecule has 0 aliphatic rings. The van der Waals surface area contributed by atoms with Crippen LogP contribution in [0, 0.1) is 0 Å². The first-order valence-corrected chi connectivity index (χ1v) is 14.9. The lowest BCUT2D eigenvalue weighted by Gasteiger charge is -2.24. The Labute approximate surface area is 224 Å². The third-order valence-electron chi connectivity index (χ3n) is 5.10. The summed E-state index contributed by atoms with van der Waals surface area (Å²) in [7, 11) is 1.53. The first-order chi connectivity index (χ1) is 17.6. The van der Waals surface area contributed by atoms with Crippen LogP contribution in [0.5, 0.6) is 0 Å². The molecule has 0 fully saturated rings. The predicted octanol–water partition coefficient (Wildman–Crippen LogP) is 5.88. The van der Waals surface area contributed by atoms with Gasteiger partial charge >= 0.3 is 13.8 Å². The molecule has 37 heavy (non-hydrogen) atoms. The van der Waals surface area contributed by atoms with Crippen molar-refractivity contribution < 1.29 is 37.6 Å². The van der Waals surface area contributed by atoms with Crippen molar-refractivity contribution in [3.8, 4) is 0 Å². The first-order valence-electron chi connectivity index (χ1n) is 13.4. The fraction of sp³-hybridized carbons (Fsp3) is 0.679. The van der Waals surface area contributed by atoms with E-state index in [0.717, 1.165) is 57.8 Å². The fourth-order valence-electron chi connectivity index (χ4n) is 2.94. The molecule has 8 nitrogen and oxygen atoms in total. The second kappa shape index (κ2) is 22.4. The molecule has 0 bridgehead atoms. The summed E-state index contributed by atoms with van der Waals surface area (Å²) in [6.07, 6.45) is 25.4. The topological polar surface area (TPSA) is 102 Å². The van der Waals surface area contributed by atoms with Crippen LogP contribution in [-0.2, 0) is 23.1 Å². The Morgan fingerprint density at radius 1 is 0.838 bits per heavy atom. The number of quaternary nitrogens is 1. The molecule has 0 spiro atoms. The number of unbranched alkanes of at least 4 members (excludes halogenated alkanes) is 4. The second-order valence-corrected chi connectivity index (χ2v) is 11.4. The van der Waals surface area contributed by atoms with E-state index in [1.807, 2.05) is 21.1 Å². The number of rotatable bonds is 23. The number of hydrogen-bond acceptors (Lipinski definition) is 6. The number of phosphoric acid groups is 1. The summed E-state index contributed by atoms with van der Waals surface area (Å²) in [4.78, 5) is 21.4. The maximum absolute atomic E-state index is 11.8. The smallest absolute Gasteiger partial charge is 0.463 e. The third kappa shape index (κ3) is 27.3. The van der Waals surface area contributed by atoms with Gasteiger partial charge in [0, 0.05) is 6.42 Å². The van der Waals surface area contributed by atoms with Crippen molar-refractivity contribution in [2.75, 3.05) is 47.5 Å². The highest BCUT2D eigenvalue weighted by Crippen LogP contribution is 2.43. The number of aliphatic hydroxyl groups excluding tert-OH is 1. The number of aliphatic hydroxyl groups is 1. The van der Waals surface area contributed by atoms with Gasteiger partial charge in [0.25, 0.3) is 0 Å². The number of esters is 1. The second-order valence-electron chi connectivity index (χ2n) is 9.90. The van der Waals surface area contributed by atoms with E-state index in [1.54, 1.807) is 0 Å². The molecule has 0 radical (unpaired) electrons. The maximum Gasteiger partial charge on any atom is 0.472 e. The summed E-state index contributed by atoms with van der Waals surface area (Å²) in [5.74, 6) is -0.399. The van der Waals surface area contributed by atoms with Crippen LogP contribution in [0.1, 0.15) is 71.1 Å². The van der Waals surface area contributed by atoms with E-state index < -0.39 is 26.5 Å². The van der Waals surface area contributed by atoms with E-state index in [4.69, 9.17) is 13.8 Å². The summed E-state index contributed by atoms with van der Waals surface area (Å²) < 4.78 is 27.0. The number of allylic oxidation sites excluding steroid dienone is 8. The zero-order valence-corrected chi connectivity index (χ0v) is 24.3. The molecule has 9 heteroatoms. The standard InChI is InChI=1S/C28H50NO7P/c1-5-6-7-8-9-10-11-12-13-14-15-16-17-18-19-20-21-22-28(31)34-25-27(30)26-36-37(32,33)35-24-23-29(2,3)4/h6-7,9-10,12-13,15-16,27,30H,5,8,11,14,17-26H2,1-4H3/p+1/b7-6-,10-9-,13-12-,16-15-. The summed E-state index contributed by atoms with van der Waals surface area (Å²) in [6, 6.07) is 0. The van der Waals surface area contributed by atoms with Crippen molar-refractivity contribution in [1.82, 2.24) is 0 Å². The van der Waals surface area contributed by atoms with Gasteiger partial charge in [-0.1, -0.05) is 68.4 Å². The average Bonchev–Trinajstić information content (AvgIpc) is 2.82. The molecule has 0 amide bonds. The molecule has 0 aromatic heterocycles. The van der Waals surface area contributed by atoms with Gasteiger partial charge in [-0.3, -0.25) is 13.8 Å². The molecule has 0 rings (SSSR count). The number of phosphoric ester groups is 1. The van der Waals surface area contributed by atoms with Crippen LogP contribution < -0.4 is 0 Å². The van der Waals surface area contributed by atoms with Gasteiger partial charge in [0.1, 0.15) is 25.9 Å². The van der Waals surface area contributed by atoms with E-state index in [9.17, 15) is 19.4 Å². The molecule has 0 heterocycles. The average molecular weight is 545 g/mol. The van der Waals surface area contributed by atoms with Crippen LogP contribution in [0.2, 0.25) is 0 Å². The SMILES string of the molecule is CC/C=C\C/C=C\C/C=C\C/C=C\CCCCCCC(=O)OCC(O)COP(=O)(O)OCC[N+](C)(C)C. The molecule has 0 aromatic carbocycles. The quantitative estimate of drug-likeness (QED) is 0.0545. The summed E-state index contributed by atoms with van der Waals surface area (Å²) in [5.41, 5.74) is 0. The molecular weight excluding hydrogens is 493 g/mol. The molecule has 2 unspecified atom stereocenters. The van der Waals surface area contributed by atoms with E-state index >= 15 is 0 Å². The van der Waals surface area contributed by atoms with E-state index in [2.05, 4.69) is 55.5 Å². The largest absolute Gasteiger partial charge is 0.472 e. The lowest BCUT2D eigenvalue weighted by molar-refractivity contribution is -0.870. The van der Waals surface area contributed by atoms with Gasteiger partial charge in [-0.25, -0.2) is 4.57 Å². The number of nitrogens with zero attached hydrogens (tertiary/aromatic N) is 1. The number of likely N-dealkylation sites (N-methyl/N-ethyl adjacent to an activating group) is 1. The highest BCUT2D eigenvalue weighted by molar-refractivity contribution is 7.47. The van der Waals surface area contributed by atoms with Crippen LogP contribution >= 0.6 is 7.82 Å². The molecule has 214 valence electrons. The Morgan fingerprint density at radius 3 is 2.00 bits per heavy atom. The van der Waals surface area contributed by atoms with Crippen LogP contribution in [0.4, 0.5) is 0 Å². The predicted molar refractivity (Wildman–Crippen MR) is 150 cm³/mol. The van der Waals surface area contributed by atoms with Gasteiger partial charge in [0.05, 0.1) is 27.7 Å². The Morgan fingerprint density at radius 2 is 1.41 bits per heavy atom. The lowest BCUT2D eigenvalue weighted by atomic mass is 10.1. The molecule has 2 atom stereocenters. The van der Waals surface area contributed by atoms with Gasteiger partial charge in [-0.15, -0.1) is 0 Å². The normalized spacial score (nSPS) is 15.3. The van der Waals surface area contributed by atoms with E-state index in [1.165, 1.54) is 0 Å². The Balaban J connectivity index is 3.68. The minimum absolute atomic E-state index is 0.0474. The van der Waals surface area contributed by atoms with Gasteiger partial charge in [-0.2, -0.15) is 0 Å². The number of carbonyl (C=O) groups excluding carboxylic acids is 1. The molecule has 0 saturated carbocycles. The van der Waals surface area contributed by atoms with Gasteiger partial charge in [0.15, 0.2) is 0 Å². The minimum atomic E-state index is -4.25. The van der Waals surface area contributed by atoms with Crippen molar-refractivity contribution >= 4 is 13.8 Å². The molecule has 0 aromatic rings. The Hall–Kier alpha value is -1.54. The minimum Gasteiger partial charge on any atom is -0.463 e. The zero-order valence-electron chi connectivity index (χ0n) is 23.4. The van der Waals surface area contributed by atoms with Crippen LogP contribution in [-0.4, -0.2) is 74.1 Å². The van der Waals surface area contributed by atoms with Crippen LogP contribution in [0.15, 0.2) is 48.6 Å².